The quantitative estimate of drug-likeness (QED) is 0.282. The van der Waals surface area contributed by atoms with Gasteiger partial charge in [-0.3, -0.25) is 0 Å². The number of benzene rings is 2. The summed E-state index contributed by atoms with van der Waals surface area (Å²) in [4.78, 5) is 20.4. The van der Waals surface area contributed by atoms with Gasteiger partial charge in [0.25, 0.3) is 20.0 Å². The van der Waals surface area contributed by atoms with Crippen LogP contribution in [0.5, 0.6) is 0 Å². The average molecular weight is 515 g/mol. The number of halogens is 2. The maximum Gasteiger partial charge on any atom is 1.00 e. The van der Waals surface area contributed by atoms with Crippen molar-refractivity contribution in [2.75, 3.05) is 0 Å². The first-order valence-corrected chi connectivity index (χ1v) is 10.5. The molecule has 0 bridgehead atoms. The Morgan fingerprint density at radius 2 is 0.867 bits per heavy atom. The molecule has 0 radical (unpaired) electrons. The second-order valence-corrected chi connectivity index (χ2v) is 8.98. The summed E-state index contributed by atoms with van der Waals surface area (Å²) in [5, 5.41) is 20.7. The Bertz CT molecular complexity index is 977. The first kappa shape index (κ1) is 32.0. The second-order valence-electron chi connectivity index (χ2n) is 4.78. The van der Waals surface area contributed by atoms with Crippen molar-refractivity contribution in [1.29, 1.82) is 0 Å². The molecule has 2 rings (SSSR count). The zero-order valence-corrected chi connectivity index (χ0v) is 22.6. The molecule has 10 nitrogen and oxygen atoms in total. The van der Waals surface area contributed by atoms with E-state index >= 15 is 0 Å². The van der Waals surface area contributed by atoms with E-state index in [-0.39, 0.29) is 80.0 Å². The molecule has 0 heterocycles. The van der Waals surface area contributed by atoms with E-state index in [4.69, 9.17) is 23.6 Å². The van der Waals surface area contributed by atoms with Crippen molar-refractivity contribution in [3.8, 4) is 0 Å². The van der Waals surface area contributed by atoms with Crippen LogP contribution in [0, 0.1) is 0 Å². The number of rotatable bonds is 6. The van der Waals surface area contributed by atoms with Crippen LogP contribution < -0.4 is 77.8 Å². The van der Waals surface area contributed by atoms with E-state index < -0.39 is 32.0 Å². The molecule has 0 aromatic heterocycles. The van der Waals surface area contributed by atoms with Gasteiger partial charge in [0.1, 0.15) is 0 Å². The summed E-state index contributed by atoms with van der Waals surface area (Å²) in [7, 11) is -7.48. The Hall–Kier alpha value is -0.220. The van der Waals surface area contributed by atoms with E-state index in [2.05, 4.69) is 0 Å². The molecule has 0 aliphatic heterocycles. The normalized spacial score (nSPS) is 10.5. The van der Waals surface area contributed by atoms with E-state index in [1.54, 1.807) is 8.48 Å². The van der Waals surface area contributed by atoms with E-state index in [1.807, 2.05) is 0 Å². The number of hydrogen-bond acceptors (Lipinski definition) is 8. The molecule has 2 aromatic rings. The predicted molar refractivity (Wildman–Crippen MR) is 93.9 cm³/mol. The van der Waals surface area contributed by atoms with Crippen molar-refractivity contribution in [3.63, 3.8) is 0 Å². The summed E-state index contributed by atoms with van der Waals surface area (Å²) in [5.74, 6) is -2.74. The fourth-order valence-electron chi connectivity index (χ4n) is 1.63. The van der Waals surface area contributed by atoms with Gasteiger partial charge in [-0.05, 0) is 58.9 Å². The van der Waals surface area contributed by atoms with Crippen molar-refractivity contribution in [2.45, 2.75) is 9.79 Å². The summed E-state index contributed by atoms with van der Waals surface area (Å²) in [6.07, 6.45) is 0. The van der Waals surface area contributed by atoms with Crippen LogP contribution in [0.2, 0.25) is 0 Å². The summed E-state index contributed by atoms with van der Waals surface area (Å²) in [6.45, 7) is 0. The molecular weight excluding hydrogens is 505 g/mol. The van der Waals surface area contributed by atoms with Crippen LogP contribution in [0.3, 0.4) is 0 Å². The Balaban J connectivity index is 0. The van der Waals surface area contributed by atoms with Gasteiger partial charge in [0.15, 0.2) is 0 Å². The maximum atomic E-state index is 11.1. The number of carboxylic acid groups (broad SMARTS) is 2. The number of carbonyl (C=O) groups is 2. The van der Waals surface area contributed by atoms with Crippen LogP contribution in [0.25, 0.3) is 0 Å². The summed E-state index contributed by atoms with van der Waals surface area (Å²) >= 11 is 9.93. The molecule has 16 heteroatoms. The van der Waals surface area contributed by atoms with Crippen LogP contribution in [0.1, 0.15) is 20.7 Å². The smallest absolute Gasteiger partial charge is 0.545 e. The fraction of sp³-hybridized carbons (Fsp3) is 0. The molecule has 0 spiro atoms. The zero-order chi connectivity index (χ0) is 21.5. The average Bonchev–Trinajstić information content (AvgIpc) is 2.68. The molecule has 0 aliphatic carbocycles. The van der Waals surface area contributed by atoms with Crippen LogP contribution in [-0.4, -0.2) is 28.8 Å². The number of carbonyl (C=O) groups excluding carboxylic acids is 2. The van der Waals surface area contributed by atoms with E-state index in [9.17, 15) is 36.6 Å². The summed E-state index contributed by atoms with van der Waals surface area (Å²) in [5.41, 5.74) is -0.197. The zero-order valence-electron chi connectivity index (χ0n) is 15.5. The number of aromatic carboxylic acids is 2. The molecule has 0 saturated carbocycles. The number of hydrogen-bond donors (Lipinski definition) is 2. The molecule has 0 amide bonds. The maximum absolute atomic E-state index is 11.1. The van der Waals surface area contributed by atoms with Gasteiger partial charge >= 0.3 is 59.1 Å². The predicted octanol–water partition coefficient (Wildman–Crippen LogP) is -7.03. The minimum Gasteiger partial charge on any atom is -0.545 e. The molecule has 0 unspecified atom stereocenters. The Labute approximate surface area is 226 Å². The molecule has 2 aromatic carbocycles. The Kier molecular flexibility index (Phi) is 15.0. The van der Waals surface area contributed by atoms with Gasteiger partial charge in [0, 0.05) is 0 Å². The largest absolute Gasteiger partial charge is 1.00 e. The van der Waals surface area contributed by atoms with Crippen molar-refractivity contribution in [3.05, 3.63) is 59.7 Å². The second kappa shape index (κ2) is 14.0. The van der Waals surface area contributed by atoms with Gasteiger partial charge in [0.05, 0.1) is 21.7 Å². The minimum atomic E-state index is -3.74. The first-order valence-electron chi connectivity index (χ1n) is 6.82. The standard InChI is InChI=1S/2C7H6ClNO4S.2Na/c2*8-9-14(12,13)6-3-1-5(2-4-6)7(10)11;;/h2*1-4,9H,(H,10,11);;/q;;2*+1/p-2. The van der Waals surface area contributed by atoms with Crippen molar-refractivity contribution in [1.82, 2.24) is 8.48 Å². The number of sulfonamides is 2. The van der Waals surface area contributed by atoms with E-state index in [0.717, 1.165) is 48.5 Å². The Morgan fingerprint density at radius 3 is 1.03 bits per heavy atom. The van der Waals surface area contributed by atoms with Gasteiger partial charge < -0.3 is 19.8 Å². The van der Waals surface area contributed by atoms with Crippen LogP contribution in [0.4, 0.5) is 0 Å². The molecule has 152 valence electrons. The van der Waals surface area contributed by atoms with Gasteiger partial charge in [-0.25, -0.2) is 16.8 Å². The molecule has 0 saturated heterocycles. The molecule has 0 aliphatic rings. The Morgan fingerprint density at radius 1 is 0.633 bits per heavy atom. The van der Waals surface area contributed by atoms with Crippen molar-refractivity contribution < 1.29 is 95.8 Å². The van der Waals surface area contributed by atoms with E-state index in [0.29, 0.717) is 0 Å². The fourth-order valence-corrected chi connectivity index (χ4v) is 3.33. The molecular formula is C14H10Cl2N2Na2O8S2. The van der Waals surface area contributed by atoms with Crippen molar-refractivity contribution in [2.24, 2.45) is 0 Å². The summed E-state index contributed by atoms with van der Waals surface area (Å²) < 4.78 is 47.5. The third-order valence-corrected chi connectivity index (χ3v) is 6.41. The summed E-state index contributed by atoms with van der Waals surface area (Å²) in [6, 6.07) is 8.97. The van der Waals surface area contributed by atoms with E-state index in [1.165, 1.54) is 0 Å². The van der Waals surface area contributed by atoms with Crippen LogP contribution in [-0.2, 0) is 20.0 Å². The topological polar surface area (TPSA) is 173 Å². The monoisotopic (exact) mass is 514 g/mol. The number of nitrogens with one attached hydrogen (secondary N) is 2. The minimum absolute atomic E-state index is 0. The molecule has 30 heavy (non-hydrogen) atoms. The van der Waals surface area contributed by atoms with Gasteiger partial charge in [-0.1, -0.05) is 24.3 Å². The molecule has 0 fully saturated rings. The van der Waals surface area contributed by atoms with Gasteiger partial charge in [-0.15, -0.1) is 8.48 Å². The van der Waals surface area contributed by atoms with Crippen LogP contribution in [0.15, 0.2) is 58.3 Å². The van der Waals surface area contributed by atoms with Crippen LogP contribution >= 0.6 is 23.6 Å². The SMILES string of the molecule is O=C([O-])c1ccc(S(=O)(=O)NCl)cc1.O=C([O-])c1ccc(S(=O)(=O)NCl)cc1.[Na+].[Na+]. The van der Waals surface area contributed by atoms with Gasteiger partial charge in [-0.2, -0.15) is 0 Å². The first-order chi connectivity index (χ1) is 12.9. The third-order valence-electron chi connectivity index (χ3n) is 3.00. The third kappa shape index (κ3) is 9.51. The molecule has 0 atom stereocenters. The molecule has 2 N–H and O–H groups in total. The van der Waals surface area contributed by atoms with Crippen molar-refractivity contribution >= 4 is 55.5 Å². The van der Waals surface area contributed by atoms with Gasteiger partial charge in [0.2, 0.25) is 0 Å². The number of carboxylic acids is 2.